The van der Waals surface area contributed by atoms with E-state index in [1.165, 1.54) is 0 Å². The van der Waals surface area contributed by atoms with Crippen LogP contribution in [0, 0.1) is 0 Å². The number of ether oxygens (including phenoxy) is 1. The zero-order valence-electron chi connectivity index (χ0n) is 16.4. The molecule has 1 saturated heterocycles. The molecule has 0 saturated carbocycles. The highest BCUT2D eigenvalue weighted by Gasteiger charge is 2.44. The maximum atomic E-state index is 12.9. The van der Waals surface area contributed by atoms with Crippen LogP contribution in [0.4, 0.5) is 4.79 Å². The molecule has 2 aliphatic rings. The van der Waals surface area contributed by atoms with Gasteiger partial charge in [-0.3, -0.25) is 4.79 Å². The van der Waals surface area contributed by atoms with Gasteiger partial charge in [-0.25, -0.2) is 13.2 Å². The molecule has 0 aromatic heterocycles. The van der Waals surface area contributed by atoms with E-state index >= 15 is 0 Å². The van der Waals surface area contributed by atoms with Crippen molar-refractivity contribution in [3.05, 3.63) is 28.8 Å². The number of hydrogen-bond donors (Lipinski definition) is 0. The molecule has 27 heavy (non-hydrogen) atoms. The molecule has 2 heterocycles. The molecule has 1 fully saturated rings. The van der Waals surface area contributed by atoms with E-state index in [0.717, 1.165) is 11.8 Å². The van der Waals surface area contributed by atoms with Crippen LogP contribution in [0.5, 0.6) is 0 Å². The number of piperazine rings is 1. The summed E-state index contributed by atoms with van der Waals surface area (Å²) < 4.78 is 30.0. The minimum Gasteiger partial charge on any atom is -0.444 e. The van der Waals surface area contributed by atoms with Crippen molar-refractivity contribution in [3.8, 4) is 0 Å². The molecule has 3 rings (SSSR count). The number of nitrogens with zero attached hydrogens (tertiary/aromatic N) is 2. The zero-order valence-corrected chi connectivity index (χ0v) is 17.2. The first-order valence-corrected chi connectivity index (χ1v) is 11.0. The second-order valence-electron chi connectivity index (χ2n) is 8.12. The van der Waals surface area contributed by atoms with E-state index < -0.39 is 21.5 Å². The molecule has 2 aliphatic heterocycles. The normalized spacial score (nSPS) is 19.7. The summed E-state index contributed by atoms with van der Waals surface area (Å²) in [5.41, 5.74) is 1.20. The van der Waals surface area contributed by atoms with Gasteiger partial charge in [0.1, 0.15) is 5.60 Å². The minimum atomic E-state index is -3.54. The summed E-state index contributed by atoms with van der Waals surface area (Å²) in [4.78, 5) is 28.7. The summed E-state index contributed by atoms with van der Waals surface area (Å²) in [5.74, 6) is -0.276. The van der Waals surface area contributed by atoms with Gasteiger partial charge in [-0.2, -0.15) is 0 Å². The van der Waals surface area contributed by atoms with Crippen LogP contribution in [-0.4, -0.2) is 61.7 Å². The predicted molar refractivity (Wildman–Crippen MR) is 101 cm³/mol. The Hall–Kier alpha value is -2.09. The Kier molecular flexibility index (Phi) is 4.74. The summed E-state index contributed by atoms with van der Waals surface area (Å²) in [7, 11) is -3.54. The van der Waals surface area contributed by atoms with Crippen molar-refractivity contribution in [3.63, 3.8) is 0 Å². The molecule has 0 bridgehead atoms. The number of fused-ring (bicyclic) bond motifs is 3. The van der Waals surface area contributed by atoms with Gasteiger partial charge >= 0.3 is 6.09 Å². The fourth-order valence-corrected chi connectivity index (χ4v) is 4.55. The van der Waals surface area contributed by atoms with Gasteiger partial charge in [0.15, 0.2) is 9.84 Å². The standard InChI is InChI=1S/C19H26N2O5S/c1-6-12-9-13-14-11-20(18(23)26-19(2,3)4)7-8-21(14)17(22)16(13)15(10-12)27(5,24)25/h9-10,14H,6-8,11H2,1-5H3/t14-/m0/s1. The number of rotatable bonds is 2. The maximum Gasteiger partial charge on any atom is 0.410 e. The fourth-order valence-electron chi connectivity index (χ4n) is 3.61. The van der Waals surface area contributed by atoms with Crippen molar-refractivity contribution < 1.29 is 22.7 Å². The van der Waals surface area contributed by atoms with Crippen LogP contribution < -0.4 is 0 Å². The van der Waals surface area contributed by atoms with Gasteiger partial charge in [0.25, 0.3) is 5.91 Å². The highest BCUT2D eigenvalue weighted by Crippen LogP contribution is 2.40. The highest BCUT2D eigenvalue weighted by atomic mass is 32.2. The lowest BCUT2D eigenvalue weighted by molar-refractivity contribution is 0.00656. The molecule has 0 N–H and O–H groups in total. The van der Waals surface area contributed by atoms with Crippen LogP contribution in [0.2, 0.25) is 0 Å². The Morgan fingerprint density at radius 2 is 1.93 bits per heavy atom. The van der Waals surface area contributed by atoms with Crippen molar-refractivity contribution in [1.82, 2.24) is 9.80 Å². The van der Waals surface area contributed by atoms with E-state index in [2.05, 4.69) is 0 Å². The lowest BCUT2D eigenvalue weighted by atomic mass is 9.99. The van der Waals surface area contributed by atoms with Gasteiger partial charge in [0, 0.05) is 25.9 Å². The first kappa shape index (κ1) is 19.7. The van der Waals surface area contributed by atoms with Gasteiger partial charge < -0.3 is 14.5 Å². The molecule has 1 aromatic rings. The minimum absolute atomic E-state index is 0.0834. The third-order valence-corrected chi connectivity index (χ3v) is 5.99. The zero-order chi connectivity index (χ0) is 20.1. The molecule has 1 atom stereocenters. The smallest absolute Gasteiger partial charge is 0.410 e. The Morgan fingerprint density at radius 3 is 2.48 bits per heavy atom. The molecule has 0 spiro atoms. The largest absolute Gasteiger partial charge is 0.444 e. The first-order chi connectivity index (χ1) is 12.4. The van der Waals surface area contributed by atoms with E-state index in [1.54, 1.807) is 15.9 Å². The predicted octanol–water partition coefficient (Wildman–Crippen LogP) is 2.40. The number of sulfone groups is 1. The molecule has 0 aliphatic carbocycles. The van der Waals surface area contributed by atoms with Crippen molar-refractivity contribution in [2.45, 2.75) is 50.7 Å². The summed E-state index contributed by atoms with van der Waals surface area (Å²) in [5, 5.41) is 0. The Balaban J connectivity index is 2.01. The number of hydrogen-bond acceptors (Lipinski definition) is 5. The summed E-state index contributed by atoms with van der Waals surface area (Å²) in [6.07, 6.45) is 1.37. The Labute approximate surface area is 160 Å². The van der Waals surface area contributed by atoms with Crippen molar-refractivity contribution >= 4 is 21.8 Å². The van der Waals surface area contributed by atoms with Crippen LogP contribution in [0.1, 0.15) is 55.2 Å². The number of amides is 2. The van der Waals surface area contributed by atoms with Crippen LogP contribution in [0.15, 0.2) is 17.0 Å². The number of aryl methyl sites for hydroxylation is 1. The number of benzene rings is 1. The van der Waals surface area contributed by atoms with Crippen LogP contribution >= 0.6 is 0 Å². The lowest BCUT2D eigenvalue weighted by Gasteiger charge is -2.38. The third-order valence-electron chi connectivity index (χ3n) is 4.87. The molecule has 7 nitrogen and oxygen atoms in total. The topological polar surface area (TPSA) is 84.0 Å². The second kappa shape index (κ2) is 6.51. The van der Waals surface area contributed by atoms with Gasteiger partial charge in [0.05, 0.1) is 16.5 Å². The average molecular weight is 394 g/mol. The maximum absolute atomic E-state index is 12.9. The van der Waals surface area contributed by atoms with E-state index in [4.69, 9.17) is 4.74 Å². The monoisotopic (exact) mass is 394 g/mol. The van der Waals surface area contributed by atoms with Crippen molar-refractivity contribution in [2.24, 2.45) is 0 Å². The fraction of sp³-hybridized carbons (Fsp3) is 0.579. The summed E-state index contributed by atoms with van der Waals surface area (Å²) in [6.45, 7) is 8.37. The van der Waals surface area contributed by atoms with Crippen molar-refractivity contribution in [1.29, 1.82) is 0 Å². The molecule has 0 radical (unpaired) electrons. The number of carbonyl (C=O) groups excluding carboxylic acids is 2. The molecule has 2 amide bonds. The molecular weight excluding hydrogens is 368 g/mol. The molecule has 0 unspecified atom stereocenters. The van der Waals surface area contributed by atoms with Crippen LogP contribution in [0.3, 0.4) is 0 Å². The second-order valence-corrected chi connectivity index (χ2v) is 10.1. The quantitative estimate of drug-likeness (QED) is 0.769. The van der Waals surface area contributed by atoms with Gasteiger partial charge in [-0.1, -0.05) is 13.0 Å². The van der Waals surface area contributed by atoms with Gasteiger partial charge in [0.2, 0.25) is 0 Å². The third kappa shape index (κ3) is 3.67. The Bertz CT molecular complexity index is 901. The van der Waals surface area contributed by atoms with E-state index in [1.807, 2.05) is 33.8 Å². The average Bonchev–Trinajstić information content (AvgIpc) is 2.84. The van der Waals surface area contributed by atoms with Crippen LogP contribution in [0.25, 0.3) is 0 Å². The molecular formula is C19H26N2O5S. The highest BCUT2D eigenvalue weighted by molar-refractivity contribution is 7.90. The van der Waals surface area contributed by atoms with E-state index in [0.29, 0.717) is 31.6 Å². The van der Waals surface area contributed by atoms with E-state index in [9.17, 15) is 18.0 Å². The van der Waals surface area contributed by atoms with Gasteiger partial charge in [-0.05, 0) is 44.4 Å². The van der Waals surface area contributed by atoms with Crippen molar-refractivity contribution in [2.75, 3.05) is 25.9 Å². The lowest BCUT2D eigenvalue weighted by Crippen LogP contribution is -2.50. The Morgan fingerprint density at radius 1 is 1.26 bits per heavy atom. The first-order valence-electron chi connectivity index (χ1n) is 9.08. The molecule has 8 heteroatoms. The SMILES string of the molecule is CCc1cc2c(c(S(C)(=O)=O)c1)C(=O)N1CCN(C(=O)OC(C)(C)C)C[C@@H]21. The van der Waals surface area contributed by atoms with Crippen LogP contribution in [-0.2, 0) is 21.0 Å². The number of carbonyl (C=O) groups is 2. The molecule has 1 aromatic carbocycles. The van der Waals surface area contributed by atoms with E-state index in [-0.39, 0.29) is 22.4 Å². The summed E-state index contributed by atoms with van der Waals surface area (Å²) >= 11 is 0. The van der Waals surface area contributed by atoms with Gasteiger partial charge in [-0.15, -0.1) is 0 Å². The molecule has 148 valence electrons. The summed E-state index contributed by atoms with van der Waals surface area (Å²) in [6, 6.07) is 3.14.